The molecule has 3 rings (SSSR count). The van der Waals surface area contributed by atoms with E-state index in [0.29, 0.717) is 18.7 Å². The van der Waals surface area contributed by atoms with Crippen molar-refractivity contribution in [1.82, 2.24) is 14.5 Å². The van der Waals surface area contributed by atoms with Gasteiger partial charge in [0.2, 0.25) is 5.91 Å². The van der Waals surface area contributed by atoms with E-state index in [2.05, 4.69) is 21.2 Å². The number of carbonyl (C=O) groups is 2. The zero-order valence-corrected chi connectivity index (χ0v) is 18.0. The van der Waals surface area contributed by atoms with Crippen LogP contribution in [-0.2, 0) is 14.8 Å². The van der Waals surface area contributed by atoms with Crippen molar-refractivity contribution in [2.75, 3.05) is 26.2 Å². The van der Waals surface area contributed by atoms with Gasteiger partial charge in [-0.05, 0) is 33.6 Å². The van der Waals surface area contributed by atoms with Gasteiger partial charge in [0.15, 0.2) is 0 Å². The number of benzene rings is 1. The minimum absolute atomic E-state index is 0.241. The summed E-state index contributed by atoms with van der Waals surface area (Å²) in [7, 11) is -3.57. The number of hydrogen-bond donors (Lipinski definition) is 2. The molecule has 1 saturated heterocycles. The molecule has 1 atom stereocenters. The summed E-state index contributed by atoms with van der Waals surface area (Å²) in [5.74, 6) is -0.530. The number of thiophene rings is 1. The van der Waals surface area contributed by atoms with E-state index in [0.717, 1.165) is 15.1 Å². The second kappa shape index (κ2) is 8.70. The van der Waals surface area contributed by atoms with Gasteiger partial charge in [0.1, 0.15) is 10.3 Å². The fourth-order valence-electron chi connectivity index (χ4n) is 3.12. The van der Waals surface area contributed by atoms with Gasteiger partial charge >= 0.3 is 6.03 Å². The highest BCUT2D eigenvalue weighted by Gasteiger charge is 2.35. The lowest BCUT2D eigenvalue weighted by Gasteiger charge is -2.37. The molecule has 0 bridgehead atoms. The lowest BCUT2D eigenvalue weighted by molar-refractivity contribution is -0.126. The fourth-order valence-corrected chi connectivity index (χ4v) is 6.71. The molecule has 8 nitrogen and oxygen atoms in total. The molecule has 0 radical (unpaired) electrons. The monoisotopic (exact) mass is 486 g/mol. The summed E-state index contributed by atoms with van der Waals surface area (Å²) in [6, 6.07) is 10.6. The third-order valence-corrected chi connectivity index (χ3v) is 8.38. The van der Waals surface area contributed by atoms with Crippen LogP contribution in [0.25, 0.3) is 0 Å². The molecule has 0 spiro atoms. The summed E-state index contributed by atoms with van der Waals surface area (Å²) in [5.41, 5.74) is 5.81. The highest BCUT2D eigenvalue weighted by Crippen LogP contribution is 2.30. The molecule has 0 aliphatic carbocycles. The molecule has 3 amide bonds. The van der Waals surface area contributed by atoms with Gasteiger partial charge in [-0.1, -0.05) is 30.3 Å². The Morgan fingerprint density at radius 2 is 1.71 bits per heavy atom. The average molecular weight is 487 g/mol. The van der Waals surface area contributed by atoms with E-state index in [1.165, 1.54) is 4.31 Å². The van der Waals surface area contributed by atoms with Gasteiger partial charge in [-0.15, -0.1) is 11.3 Å². The van der Waals surface area contributed by atoms with Crippen LogP contribution in [0.3, 0.4) is 0 Å². The number of sulfonamides is 1. The Labute approximate surface area is 175 Å². The SMILES string of the molecule is NC(=O)NC(=O)[C@H](c1ccccc1)N1CCN(S(=O)(=O)c2ccc(Br)s2)CC1. The molecule has 1 aliphatic rings. The van der Waals surface area contributed by atoms with Gasteiger partial charge in [0, 0.05) is 26.2 Å². The molecule has 28 heavy (non-hydrogen) atoms. The molecule has 0 saturated carbocycles. The maximum Gasteiger partial charge on any atom is 0.318 e. The van der Waals surface area contributed by atoms with E-state index in [1.807, 2.05) is 11.0 Å². The highest BCUT2D eigenvalue weighted by molar-refractivity contribution is 9.11. The zero-order valence-electron chi connectivity index (χ0n) is 14.7. The number of rotatable bonds is 5. The molecule has 11 heteroatoms. The quantitative estimate of drug-likeness (QED) is 0.668. The number of primary amides is 1. The Hall–Kier alpha value is -1.79. The topological polar surface area (TPSA) is 113 Å². The van der Waals surface area contributed by atoms with Crippen molar-refractivity contribution >= 4 is 49.2 Å². The molecular weight excluding hydrogens is 468 g/mol. The van der Waals surface area contributed by atoms with Gasteiger partial charge in [-0.25, -0.2) is 13.2 Å². The fraction of sp³-hybridized carbons (Fsp3) is 0.294. The molecule has 1 aromatic carbocycles. The van der Waals surface area contributed by atoms with Crippen molar-refractivity contribution in [3.05, 3.63) is 51.8 Å². The third-order valence-electron chi connectivity index (χ3n) is 4.39. The Morgan fingerprint density at radius 1 is 1.07 bits per heavy atom. The molecule has 0 unspecified atom stereocenters. The molecule has 1 fully saturated rings. The second-order valence-electron chi connectivity index (χ2n) is 6.17. The normalized spacial score (nSPS) is 17.2. The van der Waals surface area contributed by atoms with Crippen molar-refractivity contribution < 1.29 is 18.0 Å². The van der Waals surface area contributed by atoms with Gasteiger partial charge < -0.3 is 5.73 Å². The second-order valence-corrected chi connectivity index (χ2v) is 10.8. The van der Waals surface area contributed by atoms with E-state index < -0.39 is 28.0 Å². The standard InChI is InChI=1S/C17H19BrN4O4S2/c18-13-6-7-14(27-13)28(25,26)22-10-8-21(9-11-22)15(16(23)20-17(19)24)12-4-2-1-3-5-12/h1-7,15H,8-11H2,(H3,19,20,23,24)/t15-/m0/s1. The van der Waals surface area contributed by atoms with Crippen LogP contribution < -0.4 is 11.1 Å². The number of nitrogens with one attached hydrogen (secondary N) is 1. The smallest absolute Gasteiger partial charge is 0.318 e. The first kappa shape index (κ1) is 20.9. The highest BCUT2D eigenvalue weighted by atomic mass is 79.9. The molecule has 2 heterocycles. The molecule has 3 N–H and O–H groups in total. The van der Waals surface area contributed by atoms with Crippen LogP contribution >= 0.6 is 27.3 Å². The summed E-state index contributed by atoms with van der Waals surface area (Å²) in [4.78, 5) is 25.6. The first-order valence-electron chi connectivity index (χ1n) is 8.44. The van der Waals surface area contributed by atoms with E-state index in [4.69, 9.17) is 5.73 Å². The first-order valence-corrected chi connectivity index (χ1v) is 11.5. The van der Waals surface area contributed by atoms with Crippen molar-refractivity contribution in [3.8, 4) is 0 Å². The van der Waals surface area contributed by atoms with E-state index in [1.54, 1.807) is 36.4 Å². The lowest BCUT2D eigenvalue weighted by atomic mass is 10.0. The number of nitrogens with two attached hydrogens (primary N) is 1. The van der Waals surface area contributed by atoms with Gasteiger partial charge in [-0.3, -0.25) is 15.0 Å². The van der Waals surface area contributed by atoms with Crippen molar-refractivity contribution in [2.24, 2.45) is 5.73 Å². The van der Waals surface area contributed by atoms with Crippen molar-refractivity contribution in [2.45, 2.75) is 10.3 Å². The minimum Gasteiger partial charge on any atom is -0.351 e. The Morgan fingerprint density at radius 3 is 2.25 bits per heavy atom. The maximum absolute atomic E-state index is 12.8. The van der Waals surface area contributed by atoms with Crippen LogP contribution in [0.2, 0.25) is 0 Å². The maximum atomic E-state index is 12.8. The number of piperazine rings is 1. The molecule has 1 aliphatic heterocycles. The van der Waals surface area contributed by atoms with Gasteiger partial charge in [0.25, 0.3) is 10.0 Å². The summed E-state index contributed by atoms with van der Waals surface area (Å²) < 4.78 is 28.0. The predicted octanol–water partition coefficient (Wildman–Crippen LogP) is 1.75. The summed E-state index contributed by atoms with van der Waals surface area (Å²) in [5, 5.41) is 2.13. The third kappa shape index (κ3) is 4.61. The van der Waals surface area contributed by atoms with Crippen molar-refractivity contribution in [1.29, 1.82) is 0 Å². The Balaban J connectivity index is 1.77. The summed E-state index contributed by atoms with van der Waals surface area (Å²) >= 11 is 4.45. The largest absolute Gasteiger partial charge is 0.351 e. The van der Waals surface area contributed by atoms with E-state index in [-0.39, 0.29) is 17.3 Å². The van der Waals surface area contributed by atoms with E-state index in [9.17, 15) is 18.0 Å². The zero-order chi connectivity index (χ0) is 20.3. The Bertz CT molecular complexity index is 957. The van der Waals surface area contributed by atoms with Crippen LogP contribution in [-0.4, -0.2) is 55.7 Å². The number of carbonyl (C=O) groups excluding carboxylic acids is 2. The van der Waals surface area contributed by atoms with Crippen LogP contribution in [0.15, 0.2) is 50.5 Å². The average Bonchev–Trinajstić information content (AvgIpc) is 3.10. The summed E-state index contributed by atoms with van der Waals surface area (Å²) in [6.45, 7) is 1.17. The molecular formula is C17H19BrN4O4S2. The van der Waals surface area contributed by atoms with Crippen LogP contribution in [0.4, 0.5) is 4.79 Å². The minimum atomic E-state index is -3.57. The van der Waals surface area contributed by atoms with Gasteiger partial charge in [-0.2, -0.15) is 4.31 Å². The molecule has 2 aromatic rings. The molecule has 1 aromatic heterocycles. The number of urea groups is 1. The van der Waals surface area contributed by atoms with Crippen LogP contribution in [0.5, 0.6) is 0 Å². The number of hydrogen-bond acceptors (Lipinski definition) is 6. The van der Waals surface area contributed by atoms with Crippen LogP contribution in [0.1, 0.15) is 11.6 Å². The predicted molar refractivity (Wildman–Crippen MR) is 109 cm³/mol. The number of halogens is 1. The number of imide groups is 1. The lowest BCUT2D eigenvalue weighted by Crippen LogP contribution is -2.53. The number of nitrogens with zero attached hydrogens (tertiary/aromatic N) is 2. The van der Waals surface area contributed by atoms with Gasteiger partial charge in [0.05, 0.1) is 3.79 Å². The Kier molecular flexibility index (Phi) is 6.50. The van der Waals surface area contributed by atoms with E-state index >= 15 is 0 Å². The number of amides is 3. The first-order chi connectivity index (χ1) is 13.3. The molecule has 150 valence electrons. The van der Waals surface area contributed by atoms with Crippen LogP contribution in [0, 0.1) is 0 Å². The van der Waals surface area contributed by atoms with Crippen molar-refractivity contribution in [3.63, 3.8) is 0 Å². The summed E-state index contributed by atoms with van der Waals surface area (Å²) in [6.07, 6.45) is 0.